The van der Waals surface area contributed by atoms with Crippen LogP contribution in [-0.2, 0) is 9.59 Å². The Morgan fingerprint density at radius 1 is 0.667 bits per heavy atom. The van der Waals surface area contributed by atoms with E-state index in [9.17, 15) is 9.59 Å². The SMILES string of the molecule is O=C(O)CCC/C=C\CCCCCCCC(=O)O. The van der Waals surface area contributed by atoms with Crippen LogP contribution in [0.25, 0.3) is 0 Å². The second-order valence-corrected chi connectivity index (χ2v) is 4.46. The molecule has 0 aliphatic carbocycles. The number of unbranched alkanes of at least 4 members (excludes halogenated alkanes) is 6. The van der Waals surface area contributed by atoms with Gasteiger partial charge in [0, 0.05) is 12.8 Å². The summed E-state index contributed by atoms with van der Waals surface area (Å²) in [6.07, 6.45) is 12.4. The number of hydrogen-bond acceptors (Lipinski definition) is 2. The average Bonchev–Trinajstić information content (AvgIpc) is 2.29. The van der Waals surface area contributed by atoms with Crippen LogP contribution in [-0.4, -0.2) is 22.2 Å². The summed E-state index contributed by atoms with van der Waals surface area (Å²) in [5.41, 5.74) is 0. The van der Waals surface area contributed by atoms with E-state index < -0.39 is 11.9 Å². The highest BCUT2D eigenvalue weighted by Crippen LogP contribution is 2.08. The summed E-state index contributed by atoms with van der Waals surface area (Å²) < 4.78 is 0. The number of allylic oxidation sites excluding steroid dienone is 2. The normalized spacial score (nSPS) is 10.9. The van der Waals surface area contributed by atoms with Gasteiger partial charge in [-0.25, -0.2) is 0 Å². The lowest BCUT2D eigenvalue weighted by molar-refractivity contribution is -0.138. The van der Waals surface area contributed by atoms with Gasteiger partial charge in [-0.3, -0.25) is 9.59 Å². The van der Waals surface area contributed by atoms with Crippen molar-refractivity contribution in [1.82, 2.24) is 0 Å². The highest BCUT2D eigenvalue weighted by molar-refractivity contribution is 5.66. The summed E-state index contributed by atoms with van der Waals surface area (Å²) in [4.78, 5) is 20.5. The maximum Gasteiger partial charge on any atom is 0.303 e. The standard InChI is InChI=1S/C14H24O4/c15-13(16)11-9-7-5-3-1-2-4-6-8-10-12-14(17)18/h3,5H,1-2,4,6-12H2,(H,15,16)(H,17,18)/b5-3-. The van der Waals surface area contributed by atoms with E-state index in [1.165, 1.54) is 0 Å². The maximum atomic E-state index is 10.3. The molecule has 104 valence electrons. The molecule has 0 saturated carbocycles. The lowest BCUT2D eigenvalue weighted by atomic mass is 10.1. The van der Waals surface area contributed by atoms with Gasteiger partial charge in [-0.05, 0) is 32.1 Å². The van der Waals surface area contributed by atoms with Gasteiger partial charge in [-0.2, -0.15) is 0 Å². The highest BCUT2D eigenvalue weighted by atomic mass is 16.4. The molecule has 18 heavy (non-hydrogen) atoms. The molecule has 0 radical (unpaired) electrons. The molecule has 0 saturated heterocycles. The van der Waals surface area contributed by atoms with Gasteiger partial charge in [0.15, 0.2) is 0 Å². The minimum atomic E-state index is -0.732. The zero-order valence-electron chi connectivity index (χ0n) is 10.9. The van der Waals surface area contributed by atoms with Gasteiger partial charge >= 0.3 is 11.9 Å². The van der Waals surface area contributed by atoms with E-state index in [0.717, 1.165) is 44.9 Å². The number of carbonyl (C=O) groups is 2. The van der Waals surface area contributed by atoms with E-state index in [-0.39, 0.29) is 12.8 Å². The van der Waals surface area contributed by atoms with Crippen molar-refractivity contribution in [1.29, 1.82) is 0 Å². The summed E-state index contributed by atoms with van der Waals surface area (Å²) >= 11 is 0. The lowest BCUT2D eigenvalue weighted by Crippen LogP contribution is -1.93. The Morgan fingerprint density at radius 2 is 1.11 bits per heavy atom. The first kappa shape index (κ1) is 16.7. The fourth-order valence-corrected chi connectivity index (χ4v) is 1.68. The van der Waals surface area contributed by atoms with E-state index in [0.29, 0.717) is 6.42 Å². The molecule has 0 fully saturated rings. The third-order valence-electron chi connectivity index (χ3n) is 2.69. The Labute approximate surface area is 109 Å². The van der Waals surface area contributed by atoms with Crippen LogP contribution in [0.15, 0.2) is 12.2 Å². The third-order valence-corrected chi connectivity index (χ3v) is 2.69. The molecular weight excluding hydrogens is 232 g/mol. The molecule has 0 rings (SSSR count). The second kappa shape index (κ2) is 12.1. The molecule has 2 N–H and O–H groups in total. The molecule has 0 aromatic carbocycles. The molecule has 0 aliphatic heterocycles. The van der Waals surface area contributed by atoms with Crippen LogP contribution in [0.5, 0.6) is 0 Å². The first-order valence-corrected chi connectivity index (χ1v) is 6.71. The predicted octanol–water partition coefficient (Wildman–Crippen LogP) is 3.61. The van der Waals surface area contributed by atoms with Crippen LogP contribution in [0.4, 0.5) is 0 Å². The molecular formula is C14H24O4. The lowest BCUT2D eigenvalue weighted by Gasteiger charge is -1.98. The second-order valence-electron chi connectivity index (χ2n) is 4.46. The maximum absolute atomic E-state index is 10.3. The average molecular weight is 256 g/mol. The van der Waals surface area contributed by atoms with Crippen LogP contribution in [0.1, 0.15) is 64.2 Å². The Hall–Kier alpha value is -1.32. The van der Waals surface area contributed by atoms with Gasteiger partial charge in [0.25, 0.3) is 0 Å². The van der Waals surface area contributed by atoms with Crippen molar-refractivity contribution in [3.63, 3.8) is 0 Å². The summed E-state index contributed by atoms with van der Waals surface area (Å²) in [6, 6.07) is 0. The van der Waals surface area contributed by atoms with E-state index in [2.05, 4.69) is 6.08 Å². The highest BCUT2D eigenvalue weighted by Gasteiger charge is 1.96. The molecule has 0 heterocycles. The van der Waals surface area contributed by atoms with Crippen LogP contribution in [0.3, 0.4) is 0 Å². The minimum Gasteiger partial charge on any atom is -0.481 e. The monoisotopic (exact) mass is 256 g/mol. The van der Waals surface area contributed by atoms with Gasteiger partial charge in [0.05, 0.1) is 0 Å². The fraction of sp³-hybridized carbons (Fsp3) is 0.714. The minimum absolute atomic E-state index is 0.244. The molecule has 0 aliphatic rings. The van der Waals surface area contributed by atoms with Crippen molar-refractivity contribution in [2.75, 3.05) is 0 Å². The summed E-state index contributed by atoms with van der Waals surface area (Å²) in [7, 11) is 0. The Bertz CT molecular complexity index is 259. The van der Waals surface area contributed by atoms with Crippen molar-refractivity contribution in [3.8, 4) is 0 Å². The van der Waals surface area contributed by atoms with E-state index >= 15 is 0 Å². The molecule has 0 bridgehead atoms. The Morgan fingerprint density at radius 3 is 1.72 bits per heavy atom. The van der Waals surface area contributed by atoms with Crippen LogP contribution in [0.2, 0.25) is 0 Å². The number of carboxylic acids is 2. The van der Waals surface area contributed by atoms with Crippen molar-refractivity contribution >= 4 is 11.9 Å². The topological polar surface area (TPSA) is 74.6 Å². The molecule has 4 nitrogen and oxygen atoms in total. The van der Waals surface area contributed by atoms with E-state index in [1.54, 1.807) is 0 Å². The van der Waals surface area contributed by atoms with Crippen molar-refractivity contribution < 1.29 is 19.8 Å². The number of carboxylic acid groups (broad SMARTS) is 2. The first-order chi connectivity index (χ1) is 8.63. The zero-order valence-corrected chi connectivity index (χ0v) is 10.9. The Balaban J connectivity index is 3.12. The summed E-state index contributed by atoms with van der Waals surface area (Å²) in [5, 5.41) is 16.9. The molecule has 0 amide bonds. The summed E-state index contributed by atoms with van der Waals surface area (Å²) in [5.74, 6) is -1.44. The largest absolute Gasteiger partial charge is 0.481 e. The molecule has 0 spiro atoms. The van der Waals surface area contributed by atoms with E-state index in [1.807, 2.05) is 6.08 Å². The van der Waals surface area contributed by atoms with Gasteiger partial charge in [0.2, 0.25) is 0 Å². The molecule has 4 heteroatoms. The Kier molecular flexibility index (Phi) is 11.3. The van der Waals surface area contributed by atoms with Gasteiger partial charge in [-0.15, -0.1) is 0 Å². The molecule has 0 unspecified atom stereocenters. The zero-order chi connectivity index (χ0) is 13.6. The molecule has 0 aromatic heterocycles. The van der Waals surface area contributed by atoms with Gasteiger partial charge < -0.3 is 10.2 Å². The van der Waals surface area contributed by atoms with E-state index in [4.69, 9.17) is 10.2 Å². The van der Waals surface area contributed by atoms with Crippen molar-refractivity contribution in [2.24, 2.45) is 0 Å². The van der Waals surface area contributed by atoms with Crippen molar-refractivity contribution in [3.05, 3.63) is 12.2 Å². The smallest absolute Gasteiger partial charge is 0.303 e. The fourth-order valence-electron chi connectivity index (χ4n) is 1.68. The van der Waals surface area contributed by atoms with Crippen molar-refractivity contribution in [2.45, 2.75) is 64.2 Å². The molecule has 0 aromatic rings. The number of rotatable bonds is 12. The van der Waals surface area contributed by atoms with Gasteiger partial charge in [-0.1, -0.05) is 31.4 Å². The van der Waals surface area contributed by atoms with Gasteiger partial charge in [0.1, 0.15) is 0 Å². The third kappa shape index (κ3) is 14.7. The van der Waals surface area contributed by atoms with Crippen LogP contribution in [0, 0.1) is 0 Å². The summed E-state index contributed by atoms with van der Waals surface area (Å²) in [6.45, 7) is 0. The quantitative estimate of drug-likeness (QED) is 0.413. The van der Waals surface area contributed by atoms with Crippen LogP contribution < -0.4 is 0 Å². The molecule has 0 atom stereocenters. The number of aliphatic carboxylic acids is 2. The predicted molar refractivity (Wildman–Crippen MR) is 70.6 cm³/mol. The van der Waals surface area contributed by atoms with Crippen LogP contribution >= 0.6 is 0 Å². The first-order valence-electron chi connectivity index (χ1n) is 6.71. The number of hydrogen-bond donors (Lipinski definition) is 2.